The van der Waals surface area contributed by atoms with Crippen LogP contribution in [0.5, 0.6) is 0 Å². The molecule has 1 aliphatic rings. The molecule has 0 spiro atoms. The average molecular weight is 333 g/mol. The van der Waals surface area contributed by atoms with Crippen LogP contribution < -0.4 is 0 Å². The third-order valence-electron chi connectivity index (χ3n) is 5.37. The lowest BCUT2D eigenvalue weighted by Crippen LogP contribution is -1.84. The van der Waals surface area contributed by atoms with Crippen LogP contribution in [0.1, 0.15) is 128 Å². The van der Waals surface area contributed by atoms with Gasteiger partial charge in [0.1, 0.15) is 0 Å². The third-order valence-corrected chi connectivity index (χ3v) is 5.37. The monoisotopic (exact) mass is 332 g/mol. The summed E-state index contributed by atoms with van der Waals surface area (Å²) in [6.07, 6.45) is 38.0. The molecule has 0 bridgehead atoms. The van der Waals surface area contributed by atoms with Crippen molar-refractivity contribution in [2.45, 2.75) is 128 Å². The van der Waals surface area contributed by atoms with E-state index in [9.17, 15) is 0 Å². The molecule has 0 N–H and O–H groups in total. The molecule has 140 valence electrons. The van der Waals surface area contributed by atoms with Gasteiger partial charge < -0.3 is 0 Å². The van der Waals surface area contributed by atoms with Gasteiger partial charge in [-0.1, -0.05) is 127 Å². The van der Waals surface area contributed by atoms with Crippen LogP contribution in [-0.2, 0) is 0 Å². The normalized spacial score (nSPS) is 25.3. The van der Waals surface area contributed by atoms with Crippen molar-refractivity contribution in [2.75, 3.05) is 0 Å². The number of allylic oxidation sites excluding steroid dienone is 4. The fourth-order valence-electron chi connectivity index (χ4n) is 3.70. The Morgan fingerprint density at radius 3 is 0.708 bits per heavy atom. The molecule has 0 radical (unpaired) electrons. The Hall–Kier alpha value is -0.520. The molecule has 0 atom stereocenters. The van der Waals surface area contributed by atoms with Crippen molar-refractivity contribution in [3.8, 4) is 0 Å². The molecule has 1 aliphatic carbocycles. The van der Waals surface area contributed by atoms with Crippen LogP contribution in [0.3, 0.4) is 0 Å². The predicted molar refractivity (Wildman–Crippen MR) is 111 cm³/mol. The molecule has 0 saturated heterocycles. The molecular formula is C24H44. The van der Waals surface area contributed by atoms with Crippen LogP contribution in [0.2, 0.25) is 0 Å². The van der Waals surface area contributed by atoms with E-state index in [1.165, 1.54) is 128 Å². The Morgan fingerprint density at radius 1 is 0.250 bits per heavy atom. The van der Waals surface area contributed by atoms with Gasteiger partial charge in [-0.15, -0.1) is 0 Å². The molecule has 0 heterocycles. The molecule has 0 unspecified atom stereocenters. The highest BCUT2D eigenvalue weighted by molar-refractivity contribution is 5.02. The number of hydrogen-bond acceptors (Lipinski definition) is 0. The summed E-state index contributed by atoms with van der Waals surface area (Å²) in [4.78, 5) is 0. The minimum Gasteiger partial charge on any atom is -0.0845 e. The van der Waals surface area contributed by atoms with Gasteiger partial charge in [0.15, 0.2) is 0 Å². The van der Waals surface area contributed by atoms with Crippen molar-refractivity contribution >= 4 is 0 Å². The molecule has 0 aliphatic heterocycles. The van der Waals surface area contributed by atoms with Crippen LogP contribution in [0, 0.1) is 0 Å². The topological polar surface area (TPSA) is 0 Å². The van der Waals surface area contributed by atoms with Crippen LogP contribution >= 0.6 is 0 Å². The maximum Gasteiger partial charge on any atom is -0.0348 e. The summed E-state index contributed by atoms with van der Waals surface area (Å²) in [6.45, 7) is 0. The van der Waals surface area contributed by atoms with Gasteiger partial charge in [0.2, 0.25) is 0 Å². The zero-order valence-corrected chi connectivity index (χ0v) is 16.5. The van der Waals surface area contributed by atoms with Crippen molar-refractivity contribution in [1.29, 1.82) is 0 Å². The van der Waals surface area contributed by atoms with Gasteiger partial charge in [0, 0.05) is 0 Å². The van der Waals surface area contributed by atoms with Crippen LogP contribution in [0.25, 0.3) is 0 Å². The summed E-state index contributed by atoms with van der Waals surface area (Å²) in [7, 11) is 0. The largest absolute Gasteiger partial charge is 0.0845 e. The van der Waals surface area contributed by atoms with E-state index in [0.717, 1.165) is 0 Å². The van der Waals surface area contributed by atoms with Gasteiger partial charge in [-0.3, -0.25) is 0 Å². The van der Waals surface area contributed by atoms with Gasteiger partial charge >= 0.3 is 0 Å². The zero-order chi connectivity index (χ0) is 17.0. The summed E-state index contributed by atoms with van der Waals surface area (Å²) < 4.78 is 0. The Balaban J connectivity index is 2.09. The second kappa shape index (κ2) is 18.8. The molecular weight excluding hydrogens is 288 g/mol. The summed E-state index contributed by atoms with van der Waals surface area (Å²) in [5.41, 5.74) is 0. The Bertz CT molecular complexity index is 256. The first-order valence-corrected chi connectivity index (χ1v) is 11.3. The Morgan fingerprint density at radius 2 is 0.458 bits per heavy atom. The molecule has 0 amide bonds. The van der Waals surface area contributed by atoms with Crippen LogP contribution in [0.15, 0.2) is 24.3 Å². The lowest BCUT2D eigenvalue weighted by Gasteiger charge is -2.04. The van der Waals surface area contributed by atoms with E-state index in [1.807, 2.05) is 0 Å². The average Bonchev–Trinajstić information content (AvgIpc) is 2.59. The zero-order valence-electron chi connectivity index (χ0n) is 16.5. The quantitative estimate of drug-likeness (QED) is 0.415. The minimum absolute atomic E-state index is 1.27. The highest BCUT2D eigenvalue weighted by atomic mass is 14.0. The van der Waals surface area contributed by atoms with Gasteiger partial charge in [-0.25, -0.2) is 0 Å². The molecule has 24 heavy (non-hydrogen) atoms. The fraction of sp³-hybridized carbons (Fsp3) is 0.833. The van der Waals surface area contributed by atoms with Gasteiger partial charge in [-0.2, -0.15) is 0 Å². The summed E-state index contributed by atoms with van der Waals surface area (Å²) in [6, 6.07) is 0. The number of hydrogen-bond donors (Lipinski definition) is 0. The smallest absolute Gasteiger partial charge is 0.0348 e. The van der Waals surface area contributed by atoms with Gasteiger partial charge in [0.05, 0.1) is 0 Å². The van der Waals surface area contributed by atoms with Crippen LogP contribution in [0.4, 0.5) is 0 Å². The first kappa shape index (κ1) is 21.5. The first-order valence-electron chi connectivity index (χ1n) is 11.3. The molecule has 0 aromatic carbocycles. The highest BCUT2D eigenvalue weighted by Crippen LogP contribution is 2.15. The maximum atomic E-state index is 2.36. The molecule has 0 saturated carbocycles. The lowest BCUT2D eigenvalue weighted by atomic mass is 10.0. The van der Waals surface area contributed by atoms with E-state index in [2.05, 4.69) is 24.3 Å². The van der Waals surface area contributed by atoms with Crippen LogP contribution in [-0.4, -0.2) is 0 Å². The SMILES string of the molecule is C1=C/CCCCCCCCCCCCCCCCCCCC/C=C/1. The van der Waals surface area contributed by atoms with Crippen molar-refractivity contribution in [3.05, 3.63) is 24.3 Å². The van der Waals surface area contributed by atoms with E-state index < -0.39 is 0 Å². The fourth-order valence-corrected chi connectivity index (χ4v) is 3.70. The van der Waals surface area contributed by atoms with Crippen molar-refractivity contribution < 1.29 is 0 Å². The molecule has 0 aromatic rings. The summed E-state index contributed by atoms with van der Waals surface area (Å²) in [5.74, 6) is 0. The molecule has 0 nitrogen and oxygen atoms in total. The summed E-state index contributed by atoms with van der Waals surface area (Å²) in [5, 5.41) is 0. The highest BCUT2D eigenvalue weighted by Gasteiger charge is 1.95. The van der Waals surface area contributed by atoms with E-state index in [0.29, 0.717) is 0 Å². The van der Waals surface area contributed by atoms with Crippen molar-refractivity contribution in [3.63, 3.8) is 0 Å². The first-order chi connectivity index (χ1) is 12.0. The third kappa shape index (κ3) is 16.3. The molecule has 1 rings (SSSR count). The minimum atomic E-state index is 1.27. The van der Waals surface area contributed by atoms with Gasteiger partial charge in [0.25, 0.3) is 0 Å². The Kier molecular flexibility index (Phi) is 16.9. The standard InChI is InChI=1S/C24H44/c1-2-4-6-8-10-12-14-16-18-20-22-24-23-21-19-17-15-13-11-9-7-5-3-1/h1-4H,5-24H2/b3-1+,4-2+. The summed E-state index contributed by atoms with van der Waals surface area (Å²) >= 11 is 0. The number of rotatable bonds is 0. The van der Waals surface area contributed by atoms with E-state index in [1.54, 1.807) is 0 Å². The Labute approximate surface area is 153 Å². The van der Waals surface area contributed by atoms with E-state index >= 15 is 0 Å². The van der Waals surface area contributed by atoms with Crippen molar-refractivity contribution in [1.82, 2.24) is 0 Å². The molecule has 0 aromatic heterocycles. The lowest BCUT2D eigenvalue weighted by molar-refractivity contribution is 0.524. The second-order valence-corrected chi connectivity index (χ2v) is 7.80. The van der Waals surface area contributed by atoms with E-state index in [4.69, 9.17) is 0 Å². The molecule has 0 fully saturated rings. The van der Waals surface area contributed by atoms with Crippen molar-refractivity contribution in [2.24, 2.45) is 0 Å². The van der Waals surface area contributed by atoms with E-state index in [-0.39, 0.29) is 0 Å². The maximum absolute atomic E-state index is 2.36. The van der Waals surface area contributed by atoms with Gasteiger partial charge in [-0.05, 0) is 25.7 Å². The second-order valence-electron chi connectivity index (χ2n) is 7.80. The molecule has 0 heteroatoms. The predicted octanol–water partition coefficient (Wildman–Crippen LogP) is 8.91.